The first-order valence-corrected chi connectivity index (χ1v) is 17.4. The van der Waals surface area contributed by atoms with Crippen LogP contribution in [0.1, 0.15) is 85.1 Å². The van der Waals surface area contributed by atoms with E-state index >= 15 is 0 Å². The molecule has 3 aliphatic carbocycles. The molecule has 10 heteroatoms. The molecule has 9 nitrogen and oxygen atoms in total. The fourth-order valence-corrected chi connectivity index (χ4v) is 9.00. The van der Waals surface area contributed by atoms with Crippen molar-refractivity contribution in [3.05, 3.63) is 47.5 Å². The van der Waals surface area contributed by atoms with Gasteiger partial charge in [-0.15, -0.1) is 0 Å². The zero-order chi connectivity index (χ0) is 32.7. The van der Waals surface area contributed by atoms with Gasteiger partial charge in [0.1, 0.15) is 18.2 Å². The highest BCUT2D eigenvalue weighted by Gasteiger charge is 2.68. The minimum absolute atomic E-state index is 0.00464. The minimum atomic E-state index is -0.590. The summed E-state index contributed by atoms with van der Waals surface area (Å²) in [7, 11) is -0.590. The number of ether oxygens (including phenoxy) is 1. The quantitative estimate of drug-likeness (QED) is 0.225. The number of hydrogen-bond donors (Lipinski definition) is 1. The molecule has 3 aliphatic heterocycles. The van der Waals surface area contributed by atoms with Gasteiger partial charge in [0.25, 0.3) is 5.91 Å². The Morgan fingerprint density at radius 2 is 1.85 bits per heavy atom. The number of hydrogen-bond acceptors (Lipinski definition) is 7. The van der Waals surface area contributed by atoms with Gasteiger partial charge in [0.15, 0.2) is 0 Å². The number of nitrogens with one attached hydrogen (secondary N) is 1. The maximum Gasteiger partial charge on any atom is 0.482 e. The van der Waals surface area contributed by atoms with Crippen molar-refractivity contribution >= 4 is 19.1 Å². The van der Waals surface area contributed by atoms with Crippen LogP contribution in [0.5, 0.6) is 0 Å². The van der Waals surface area contributed by atoms with Gasteiger partial charge in [-0.3, -0.25) is 9.69 Å². The van der Waals surface area contributed by atoms with Gasteiger partial charge in [-0.2, -0.15) is 5.26 Å². The number of amides is 2. The minimum Gasteiger partial charge on any atom is -0.447 e. The van der Waals surface area contributed by atoms with Crippen LogP contribution in [-0.4, -0.2) is 84.4 Å². The van der Waals surface area contributed by atoms with Crippen LogP contribution >= 0.6 is 0 Å². The van der Waals surface area contributed by atoms with Gasteiger partial charge in [-0.25, -0.2) is 4.79 Å². The Kier molecular flexibility index (Phi) is 9.32. The first kappa shape index (κ1) is 33.1. The number of likely N-dealkylation sites (tertiary alicyclic amines) is 2. The Morgan fingerprint density at radius 3 is 2.54 bits per heavy atom. The molecule has 46 heavy (non-hydrogen) atoms. The third-order valence-electron chi connectivity index (χ3n) is 12.0. The summed E-state index contributed by atoms with van der Waals surface area (Å²) in [5, 5.41) is 13.1. The molecule has 6 atom stereocenters. The fraction of sp³-hybridized carbons (Fsp3) is 0.694. The van der Waals surface area contributed by atoms with E-state index in [1.54, 1.807) is 4.90 Å². The number of carbonyl (C=O) groups is 2. The zero-order valence-electron chi connectivity index (χ0n) is 28.3. The number of nitriles is 1. The second-order valence-electron chi connectivity index (χ2n) is 15.5. The third kappa shape index (κ3) is 6.35. The molecule has 2 amide bonds. The Labute approximate surface area is 275 Å². The number of benzene rings is 1. The molecule has 248 valence electrons. The highest BCUT2D eigenvalue weighted by Crippen LogP contribution is 2.65. The monoisotopic (exact) mass is 630 g/mol. The van der Waals surface area contributed by atoms with Crippen molar-refractivity contribution < 1.29 is 23.6 Å². The van der Waals surface area contributed by atoms with Crippen LogP contribution in [0.25, 0.3) is 0 Å². The molecular formula is C36H51BN4O5. The lowest BCUT2D eigenvalue weighted by Gasteiger charge is -2.64. The molecule has 2 bridgehead atoms. The molecule has 3 saturated carbocycles. The smallest absolute Gasteiger partial charge is 0.447 e. The first-order valence-electron chi connectivity index (χ1n) is 17.4. The molecule has 6 aliphatic rings. The van der Waals surface area contributed by atoms with E-state index in [0.717, 1.165) is 57.2 Å². The van der Waals surface area contributed by atoms with Crippen molar-refractivity contribution in [2.45, 2.75) is 115 Å². The zero-order valence-corrected chi connectivity index (χ0v) is 28.3. The highest BCUT2D eigenvalue weighted by molar-refractivity contribution is 6.47. The molecule has 0 spiro atoms. The van der Waals surface area contributed by atoms with Crippen molar-refractivity contribution in [2.24, 2.45) is 17.3 Å². The molecule has 3 heterocycles. The van der Waals surface area contributed by atoms with Crippen LogP contribution in [0.2, 0.25) is 0 Å². The molecule has 0 unspecified atom stereocenters. The molecule has 1 aromatic rings. The first-order chi connectivity index (χ1) is 21.9. The van der Waals surface area contributed by atoms with Gasteiger partial charge >= 0.3 is 13.2 Å². The van der Waals surface area contributed by atoms with Crippen molar-refractivity contribution in [1.82, 2.24) is 15.1 Å². The van der Waals surface area contributed by atoms with E-state index < -0.39 is 19.2 Å². The van der Waals surface area contributed by atoms with E-state index in [-0.39, 0.29) is 46.8 Å². The predicted molar refractivity (Wildman–Crippen MR) is 176 cm³/mol. The van der Waals surface area contributed by atoms with Crippen molar-refractivity contribution in [2.75, 3.05) is 26.2 Å². The standard InChI is InChI=1S/C36H51BN4O5/c1-34(2,40-16-11-12-17-40)22-26(23-38)32(42)41-18-10-9-15-28(41)24-44-33(43)39-31(19-25-13-7-6-8-14-25)37-45-30-21-27-20-29(35(27,3)4)36(30,5)46-37/h6-8,13-14,22,27-31H,9-12,15-21,24H2,1-5H3,(H,39,43)/t27-,28+,29-,30+,31-,36-/m0/s1. The second-order valence-corrected chi connectivity index (χ2v) is 15.5. The summed E-state index contributed by atoms with van der Waals surface area (Å²) in [4.78, 5) is 31.1. The van der Waals surface area contributed by atoms with E-state index in [2.05, 4.69) is 50.9 Å². The van der Waals surface area contributed by atoms with Gasteiger partial charge in [-0.05, 0) is 114 Å². The normalized spacial score (nSPS) is 31.4. The lowest BCUT2D eigenvalue weighted by Crippen LogP contribution is -2.65. The summed E-state index contributed by atoms with van der Waals surface area (Å²) in [5.41, 5.74) is 0.673. The molecule has 1 N–H and O–H groups in total. The number of piperidine rings is 1. The Balaban J connectivity index is 1.11. The lowest BCUT2D eigenvalue weighted by molar-refractivity contribution is -0.199. The molecular weight excluding hydrogens is 579 g/mol. The van der Waals surface area contributed by atoms with Crippen LogP contribution in [0.3, 0.4) is 0 Å². The predicted octanol–water partition coefficient (Wildman–Crippen LogP) is 5.30. The van der Waals surface area contributed by atoms with Crippen molar-refractivity contribution in [1.29, 1.82) is 5.26 Å². The van der Waals surface area contributed by atoms with Gasteiger partial charge in [0.05, 0.1) is 23.7 Å². The van der Waals surface area contributed by atoms with Gasteiger partial charge in [-0.1, -0.05) is 44.2 Å². The second kappa shape index (κ2) is 13.0. The number of carbonyl (C=O) groups excluding carboxylic acids is 2. The molecule has 0 radical (unpaired) electrons. The summed E-state index contributed by atoms with van der Waals surface area (Å²) in [6, 6.07) is 11.9. The van der Waals surface area contributed by atoms with Crippen LogP contribution in [0.4, 0.5) is 4.79 Å². The average Bonchev–Trinajstić information content (AvgIpc) is 3.71. The van der Waals surface area contributed by atoms with Crippen LogP contribution in [0, 0.1) is 28.6 Å². The molecule has 7 rings (SSSR count). The van der Waals surface area contributed by atoms with Gasteiger partial charge in [0, 0.05) is 12.1 Å². The fourth-order valence-electron chi connectivity index (χ4n) is 9.00. The largest absolute Gasteiger partial charge is 0.482 e. The molecule has 0 aromatic heterocycles. The van der Waals surface area contributed by atoms with Gasteiger partial charge in [0.2, 0.25) is 0 Å². The highest BCUT2D eigenvalue weighted by atomic mass is 16.7. The lowest BCUT2D eigenvalue weighted by atomic mass is 9.43. The topological polar surface area (TPSA) is 104 Å². The summed E-state index contributed by atoms with van der Waals surface area (Å²) in [6.07, 6.45) is 8.70. The van der Waals surface area contributed by atoms with E-state index in [4.69, 9.17) is 14.0 Å². The SMILES string of the molecule is CC1(C)[C@@H]2C[C@H]3OB([C@H](Cc4ccccc4)NC(=O)OC[C@H]4CCCCN4C(=O)C(C#N)=CC(C)(C)N4CCCC4)O[C@@]3(C)[C@H]1C2. The Morgan fingerprint density at radius 1 is 1.13 bits per heavy atom. The van der Waals surface area contributed by atoms with E-state index in [0.29, 0.717) is 31.2 Å². The van der Waals surface area contributed by atoms with Crippen LogP contribution < -0.4 is 5.32 Å². The maximum absolute atomic E-state index is 13.7. The Hall–Kier alpha value is -2.87. The number of nitrogens with zero attached hydrogens (tertiary/aromatic N) is 3. The molecule has 1 aromatic carbocycles. The van der Waals surface area contributed by atoms with Crippen molar-refractivity contribution in [3.8, 4) is 6.07 Å². The van der Waals surface area contributed by atoms with E-state index in [1.165, 1.54) is 0 Å². The summed E-state index contributed by atoms with van der Waals surface area (Å²) in [6.45, 7) is 13.5. The van der Waals surface area contributed by atoms with Gasteiger partial charge < -0.3 is 24.3 Å². The summed E-state index contributed by atoms with van der Waals surface area (Å²) in [5.74, 6) is 0.325. The number of alkyl carbamates (subject to hydrolysis) is 1. The third-order valence-corrected chi connectivity index (χ3v) is 12.0. The van der Waals surface area contributed by atoms with Crippen molar-refractivity contribution in [3.63, 3.8) is 0 Å². The van der Waals surface area contributed by atoms with Crippen LogP contribution in [0.15, 0.2) is 42.0 Å². The summed E-state index contributed by atoms with van der Waals surface area (Å²) >= 11 is 0. The average molecular weight is 631 g/mol. The van der Waals surface area contributed by atoms with Crippen LogP contribution in [-0.2, 0) is 25.3 Å². The molecule has 6 fully saturated rings. The molecule has 3 saturated heterocycles. The summed E-state index contributed by atoms with van der Waals surface area (Å²) < 4.78 is 19.1. The Bertz CT molecular complexity index is 1360. The van der Waals surface area contributed by atoms with E-state index in [9.17, 15) is 14.9 Å². The number of rotatable bonds is 9. The van der Waals surface area contributed by atoms with E-state index in [1.807, 2.05) is 36.4 Å². The maximum atomic E-state index is 13.7.